The van der Waals surface area contributed by atoms with Gasteiger partial charge in [-0.25, -0.2) is 0 Å². The summed E-state index contributed by atoms with van der Waals surface area (Å²) >= 11 is 5.28. The molecule has 92 valence electrons. The molecule has 0 saturated carbocycles. The molecule has 0 bridgehead atoms. The largest absolute Gasteiger partial charge is 0.379 e. The summed E-state index contributed by atoms with van der Waals surface area (Å²) in [7, 11) is 0. The summed E-state index contributed by atoms with van der Waals surface area (Å²) in [6.07, 6.45) is 1.60. The summed E-state index contributed by atoms with van der Waals surface area (Å²) in [5.74, 6) is 1.29. The first-order chi connectivity index (χ1) is 8.25. The zero-order valence-corrected chi connectivity index (χ0v) is 11.9. The van der Waals surface area contributed by atoms with Gasteiger partial charge in [-0.15, -0.1) is 0 Å². The van der Waals surface area contributed by atoms with Crippen molar-refractivity contribution < 1.29 is 9.53 Å². The lowest BCUT2D eigenvalue weighted by molar-refractivity contribution is 0.0455. The number of ketones is 1. The van der Waals surface area contributed by atoms with E-state index in [9.17, 15) is 4.79 Å². The maximum absolute atomic E-state index is 11.8. The molecule has 1 fully saturated rings. The molecule has 0 radical (unpaired) electrons. The predicted octanol–water partition coefficient (Wildman–Crippen LogP) is 3.54. The van der Waals surface area contributed by atoms with Gasteiger partial charge in [0.1, 0.15) is 0 Å². The number of hydrogen-bond donors (Lipinski definition) is 0. The molecule has 17 heavy (non-hydrogen) atoms. The monoisotopic (exact) mass is 314 g/mol. The second-order valence-corrected chi connectivity index (χ2v) is 6.39. The van der Waals surface area contributed by atoms with Crippen molar-refractivity contribution >= 4 is 33.5 Å². The van der Waals surface area contributed by atoms with Crippen LogP contribution >= 0.6 is 27.7 Å². The van der Waals surface area contributed by atoms with Crippen LogP contribution in [0.25, 0.3) is 0 Å². The van der Waals surface area contributed by atoms with Gasteiger partial charge in [0, 0.05) is 16.5 Å². The Hall–Kier alpha value is -0.320. The minimum Gasteiger partial charge on any atom is -0.379 e. The molecule has 1 aliphatic heterocycles. The Morgan fingerprint density at radius 2 is 2.06 bits per heavy atom. The van der Waals surface area contributed by atoms with Crippen molar-refractivity contribution in [3.63, 3.8) is 0 Å². The maximum atomic E-state index is 11.8. The minimum absolute atomic E-state index is 0.239. The highest BCUT2D eigenvalue weighted by Gasteiger charge is 2.18. The molecule has 0 amide bonds. The van der Waals surface area contributed by atoms with E-state index in [-0.39, 0.29) is 5.78 Å². The van der Waals surface area contributed by atoms with Gasteiger partial charge in [-0.3, -0.25) is 4.79 Å². The van der Waals surface area contributed by atoms with E-state index >= 15 is 0 Å². The molecule has 1 aromatic rings. The molecule has 2 rings (SSSR count). The number of hydrogen-bond acceptors (Lipinski definition) is 3. The number of benzene rings is 1. The molecular formula is C13H15BrO2S. The number of rotatable bonds is 6. The van der Waals surface area contributed by atoms with Crippen molar-refractivity contribution in [2.24, 2.45) is 0 Å². The molecule has 0 atom stereocenters. The summed E-state index contributed by atoms with van der Waals surface area (Å²) in [6, 6.07) is 7.57. The van der Waals surface area contributed by atoms with Crippen LogP contribution in [-0.2, 0) is 4.74 Å². The van der Waals surface area contributed by atoms with E-state index in [1.165, 1.54) is 0 Å². The smallest absolute Gasteiger partial charge is 0.162 e. The quantitative estimate of drug-likeness (QED) is 0.593. The third-order valence-corrected chi connectivity index (χ3v) is 4.47. The summed E-state index contributed by atoms with van der Waals surface area (Å²) in [5, 5.41) is 0.665. The number of carbonyl (C=O) groups is 1. The third-order valence-electron chi connectivity index (χ3n) is 2.68. The van der Waals surface area contributed by atoms with E-state index in [0.717, 1.165) is 35.4 Å². The molecule has 0 aromatic heterocycles. The molecule has 0 spiro atoms. The zero-order chi connectivity index (χ0) is 12.1. The second-order valence-electron chi connectivity index (χ2n) is 4.06. The Bertz CT molecular complexity index is 374. The highest BCUT2D eigenvalue weighted by Crippen LogP contribution is 2.20. The van der Waals surface area contributed by atoms with Crippen LogP contribution in [0, 0.1) is 0 Å². The molecule has 1 aromatic carbocycles. The average Bonchev–Trinajstić information content (AvgIpc) is 2.27. The van der Waals surface area contributed by atoms with Gasteiger partial charge in [0.25, 0.3) is 0 Å². The van der Waals surface area contributed by atoms with Crippen LogP contribution in [0.2, 0.25) is 0 Å². The van der Waals surface area contributed by atoms with E-state index in [2.05, 4.69) is 15.9 Å². The molecule has 0 unspecified atom stereocenters. The van der Waals surface area contributed by atoms with E-state index in [1.807, 2.05) is 36.0 Å². The standard InChI is InChI=1S/C13H15BrO2S/c14-11-5-3-10(4-6-11)13(15)2-1-7-17-12-8-16-9-12/h3-6,12H,1-2,7-9H2. The highest BCUT2D eigenvalue weighted by molar-refractivity contribution is 9.10. The van der Waals surface area contributed by atoms with E-state index < -0.39 is 0 Å². The summed E-state index contributed by atoms with van der Waals surface area (Å²) in [5.41, 5.74) is 0.810. The second kappa shape index (κ2) is 6.57. The van der Waals surface area contributed by atoms with E-state index in [4.69, 9.17) is 4.74 Å². The van der Waals surface area contributed by atoms with Gasteiger partial charge < -0.3 is 4.74 Å². The van der Waals surface area contributed by atoms with Crippen LogP contribution in [-0.4, -0.2) is 30.0 Å². The van der Waals surface area contributed by atoms with Crippen molar-refractivity contribution in [3.8, 4) is 0 Å². The van der Waals surface area contributed by atoms with Crippen molar-refractivity contribution in [1.29, 1.82) is 0 Å². The fraction of sp³-hybridized carbons (Fsp3) is 0.462. The topological polar surface area (TPSA) is 26.3 Å². The maximum Gasteiger partial charge on any atom is 0.162 e. The van der Waals surface area contributed by atoms with Crippen LogP contribution in [0.4, 0.5) is 0 Å². The van der Waals surface area contributed by atoms with Crippen molar-refractivity contribution in [2.75, 3.05) is 19.0 Å². The molecule has 0 N–H and O–H groups in total. The van der Waals surface area contributed by atoms with Crippen LogP contribution in [0.15, 0.2) is 28.7 Å². The molecule has 1 aliphatic rings. The molecule has 0 aliphatic carbocycles. The first kappa shape index (κ1) is 13.1. The number of Topliss-reactive ketones (excluding diaryl/α,β-unsaturated/α-hetero) is 1. The first-order valence-electron chi connectivity index (χ1n) is 5.74. The fourth-order valence-electron chi connectivity index (χ4n) is 1.57. The Kier molecular flexibility index (Phi) is 5.07. The van der Waals surface area contributed by atoms with Crippen molar-refractivity contribution in [2.45, 2.75) is 18.1 Å². The molecule has 1 saturated heterocycles. The number of thioether (sulfide) groups is 1. The third kappa shape index (κ3) is 4.12. The number of halogens is 1. The Balaban J connectivity index is 1.67. The summed E-state index contributed by atoms with van der Waals surface area (Å²) in [6.45, 7) is 1.76. The van der Waals surface area contributed by atoms with Gasteiger partial charge in [-0.05, 0) is 24.3 Å². The van der Waals surface area contributed by atoms with Gasteiger partial charge >= 0.3 is 0 Å². The van der Waals surface area contributed by atoms with Crippen LogP contribution < -0.4 is 0 Å². The molecule has 2 nitrogen and oxygen atoms in total. The van der Waals surface area contributed by atoms with Crippen LogP contribution in [0.3, 0.4) is 0 Å². The lowest BCUT2D eigenvalue weighted by atomic mass is 10.1. The number of carbonyl (C=O) groups excluding carboxylic acids is 1. The lowest BCUT2D eigenvalue weighted by Crippen LogP contribution is -2.30. The van der Waals surface area contributed by atoms with E-state index in [0.29, 0.717) is 11.7 Å². The Labute approximate surface area is 114 Å². The van der Waals surface area contributed by atoms with Crippen molar-refractivity contribution in [1.82, 2.24) is 0 Å². The highest BCUT2D eigenvalue weighted by atomic mass is 79.9. The Morgan fingerprint density at radius 3 is 2.65 bits per heavy atom. The fourth-order valence-corrected chi connectivity index (χ4v) is 2.87. The van der Waals surface area contributed by atoms with Crippen LogP contribution in [0.5, 0.6) is 0 Å². The van der Waals surface area contributed by atoms with Crippen LogP contribution in [0.1, 0.15) is 23.2 Å². The van der Waals surface area contributed by atoms with Crippen molar-refractivity contribution in [3.05, 3.63) is 34.3 Å². The molecular weight excluding hydrogens is 300 g/mol. The lowest BCUT2D eigenvalue weighted by Gasteiger charge is -2.25. The zero-order valence-electron chi connectivity index (χ0n) is 9.52. The summed E-state index contributed by atoms with van der Waals surface area (Å²) in [4.78, 5) is 11.8. The number of ether oxygens (including phenoxy) is 1. The van der Waals surface area contributed by atoms with Gasteiger partial charge in [0.2, 0.25) is 0 Å². The average molecular weight is 315 g/mol. The normalized spacial score (nSPS) is 15.6. The van der Waals surface area contributed by atoms with Gasteiger partial charge in [0.15, 0.2) is 5.78 Å². The van der Waals surface area contributed by atoms with E-state index in [1.54, 1.807) is 0 Å². The predicted molar refractivity (Wildman–Crippen MR) is 74.8 cm³/mol. The van der Waals surface area contributed by atoms with Gasteiger partial charge in [0.05, 0.1) is 18.5 Å². The molecule has 1 heterocycles. The van der Waals surface area contributed by atoms with Gasteiger partial charge in [-0.2, -0.15) is 11.8 Å². The minimum atomic E-state index is 0.239. The molecule has 4 heteroatoms. The SMILES string of the molecule is O=C(CCCSC1COC1)c1ccc(Br)cc1. The Morgan fingerprint density at radius 1 is 1.35 bits per heavy atom. The first-order valence-corrected chi connectivity index (χ1v) is 7.58. The summed E-state index contributed by atoms with van der Waals surface area (Å²) < 4.78 is 6.11. The van der Waals surface area contributed by atoms with Gasteiger partial charge in [-0.1, -0.05) is 28.1 Å².